The van der Waals surface area contributed by atoms with Gasteiger partial charge in [-0.05, 0) is 30.3 Å². The number of anilines is 1. The standard InChI is InChI=1S/C19H16Cl2N2O4S/c20-12-1-4-16(14(21)9-12)26-11-18(24)27-13-2-3-15-17(10-13)28-19(22-15)23-5-7-25-8-6-23/h1-4,9-10H,5-8,11H2. The Morgan fingerprint density at radius 1 is 1.18 bits per heavy atom. The highest BCUT2D eigenvalue weighted by Crippen LogP contribution is 2.32. The van der Waals surface area contributed by atoms with E-state index in [0.717, 1.165) is 28.4 Å². The third kappa shape index (κ3) is 4.50. The molecule has 0 amide bonds. The van der Waals surface area contributed by atoms with Crippen LogP contribution in [0.3, 0.4) is 0 Å². The molecule has 0 spiro atoms. The first-order valence-electron chi connectivity index (χ1n) is 8.60. The van der Waals surface area contributed by atoms with Crippen molar-refractivity contribution in [2.75, 3.05) is 37.8 Å². The molecule has 28 heavy (non-hydrogen) atoms. The van der Waals surface area contributed by atoms with Gasteiger partial charge in [0, 0.05) is 24.2 Å². The number of aromatic nitrogens is 1. The van der Waals surface area contributed by atoms with Crippen molar-refractivity contribution in [2.24, 2.45) is 0 Å². The molecule has 1 aliphatic rings. The SMILES string of the molecule is O=C(COc1ccc(Cl)cc1Cl)Oc1ccc2nc(N3CCOCC3)sc2c1. The smallest absolute Gasteiger partial charge is 0.349 e. The number of thiazole rings is 1. The highest BCUT2D eigenvalue weighted by molar-refractivity contribution is 7.22. The number of halogens is 2. The van der Waals surface area contributed by atoms with Crippen molar-refractivity contribution in [1.29, 1.82) is 0 Å². The molecule has 1 fully saturated rings. The highest BCUT2D eigenvalue weighted by Gasteiger charge is 2.16. The molecule has 1 aliphatic heterocycles. The maximum absolute atomic E-state index is 12.1. The number of rotatable bonds is 5. The fourth-order valence-corrected chi connectivity index (χ4v) is 4.24. The Morgan fingerprint density at radius 3 is 2.79 bits per heavy atom. The Balaban J connectivity index is 1.40. The van der Waals surface area contributed by atoms with Crippen LogP contribution in [0.15, 0.2) is 36.4 Å². The number of esters is 1. The fourth-order valence-electron chi connectivity index (χ4n) is 2.74. The zero-order chi connectivity index (χ0) is 19.5. The molecular weight excluding hydrogens is 423 g/mol. The average Bonchev–Trinajstić information content (AvgIpc) is 3.11. The minimum atomic E-state index is -0.525. The predicted molar refractivity (Wildman–Crippen MR) is 110 cm³/mol. The summed E-state index contributed by atoms with van der Waals surface area (Å²) >= 11 is 13.4. The number of carbonyl (C=O) groups excluding carboxylic acids is 1. The van der Waals surface area contributed by atoms with Crippen molar-refractivity contribution in [3.63, 3.8) is 0 Å². The molecule has 0 aliphatic carbocycles. The first kappa shape index (κ1) is 19.3. The molecule has 1 aromatic heterocycles. The summed E-state index contributed by atoms with van der Waals surface area (Å²) in [6, 6.07) is 10.2. The molecule has 146 valence electrons. The van der Waals surface area contributed by atoms with Crippen LogP contribution in [0.5, 0.6) is 11.5 Å². The normalized spacial score (nSPS) is 14.3. The molecular formula is C19H16Cl2N2O4S. The Hall–Kier alpha value is -2.06. The van der Waals surface area contributed by atoms with Crippen LogP contribution in [0, 0.1) is 0 Å². The zero-order valence-corrected chi connectivity index (χ0v) is 17.0. The van der Waals surface area contributed by atoms with Crippen LogP contribution in [0.4, 0.5) is 5.13 Å². The van der Waals surface area contributed by atoms with E-state index in [1.165, 1.54) is 0 Å². The van der Waals surface area contributed by atoms with Gasteiger partial charge in [0.25, 0.3) is 0 Å². The van der Waals surface area contributed by atoms with Gasteiger partial charge in [-0.15, -0.1) is 0 Å². The maximum Gasteiger partial charge on any atom is 0.349 e. The fraction of sp³-hybridized carbons (Fsp3) is 0.263. The number of carbonyl (C=O) groups is 1. The Kier molecular flexibility index (Phi) is 5.87. The lowest BCUT2D eigenvalue weighted by atomic mass is 10.3. The first-order valence-corrected chi connectivity index (χ1v) is 10.2. The third-order valence-electron chi connectivity index (χ3n) is 4.10. The molecule has 0 radical (unpaired) electrons. The summed E-state index contributed by atoms with van der Waals surface area (Å²) in [5.41, 5.74) is 0.871. The lowest BCUT2D eigenvalue weighted by molar-refractivity contribution is -0.136. The van der Waals surface area contributed by atoms with Gasteiger partial charge in [0.2, 0.25) is 0 Å². The van der Waals surface area contributed by atoms with Gasteiger partial charge in [0.05, 0.1) is 28.5 Å². The van der Waals surface area contributed by atoms with Crippen LogP contribution >= 0.6 is 34.5 Å². The van der Waals surface area contributed by atoms with Crippen molar-refractivity contribution in [3.8, 4) is 11.5 Å². The number of ether oxygens (including phenoxy) is 3. The van der Waals surface area contributed by atoms with E-state index >= 15 is 0 Å². The van der Waals surface area contributed by atoms with E-state index in [1.807, 2.05) is 12.1 Å². The Labute approximate surface area is 175 Å². The van der Waals surface area contributed by atoms with Crippen molar-refractivity contribution < 1.29 is 19.0 Å². The van der Waals surface area contributed by atoms with Gasteiger partial charge >= 0.3 is 5.97 Å². The topological polar surface area (TPSA) is 60.9 Å². The summed E-state index contributed by atoms with van der Waals surface area (Å²) in [7, 11) is 0. The molecule has 6 nitrogen and oxygen atoms in total. The summed E-state index contributed by atoms with van der Waals surface area (Å²) in [5, 5.41) is 1.78. The second kappa shape index (κ2) is 8.53. The summed E-state index contributed by atoms with van der Waals surface area (Å²) in [4.78, 5) is 18.9. The first-order chi connectivity index (χ1) is 13.6. The number of benzene rings is 2. The maximum atomic E-state index is 12.1. The lowest BCUT2D eigenvalue weighted by Crippen LogP contribution is -2.36. The van der Waals surface area contributed by atoms with Crippen LogP contribution in [-0.4, -0.2) is 43.9 Å². The largest absolute Gasteiger partial charge is 0.480 e. The molecule has 1 saturated heterocycles. The molecule has 9 heteroatoms. The number of nitrogens with zero attached hydrogens (tertiary/aromatic N) is 2. The number of morpholine rings is 1. The van der Waals surface area contributed by atoms with E-state index in [4.69, 9.17) is 37.4 Å². The Morgan fingerprint density at radius 2 is 2.00 bits per heavy atom. The van der Waals surface area contributed by atoms with Gasteiger partial charge in [-0.3, -0.25) is 0 Å². The molecule has 2 aromatic carbocycles. The van der Waals surface area contributed by atoms with Crippen molar-refractivity contribution in [2.45, 2.75) is 0 Å². The van der Waals surface area contributed by atoms with Crippen molar-refractivity contribution >= 4 is 55.9 Å². The van der Waals surface area contributed by atoms with Crippen molar-refractivity contribution in [3.05, 3.63) is 46.4 Å². The van der Waals surface area contributed by atoms with Gasteiger partial charge in [-0.2, -0.15) is 0 Å². The van der Waals surface area contributed by atoms with E-state index in [-0.39, 0.29) is 6.61 Å². The van der Waals surface area contributed by atoms with Gasteiger partial charge in [-0.1, -0.05) is 34.5 Å². The van der Waals surface area contributed by atoms with Crippen LogP contribution in [0.25, 0.3) is 10.2 Å². The summed E-state index contributed by atoms with van der Waals surface area (Å²) in [6.45, 7) is 2.80. The Bertz CT molecular complexity index is 1000. The third-order valence-corrected chi connectivity index (χ3v) is 5.71. The van der Waals surface area contributed by atoms with E-state index in [1.54, 1.807) is 35.6 Å². The van der Waals surface area contributed by atoms with Crippen molar-refractivity contribution in [1.82, 2.24) is 4.98 Å². The average molecular weight is 439 g/mol. The molecule has 0 saturated carbocycles. The highest BCUT2D eigenvalue weighted by atomic mass is 35.5. The summed E-state index contributed by atoms with van der Waals surface area (Å²) in [6.07, 6.45) is 0. The molecule has 4 rings (SSSR count). The number of fused-ring (bicyclic) bond motifs is 1. The van der Waals surface area contributed by atoms with E-state index in [0.29, 0.717) is 34.8 Å². The molecule has 0 atom stereocenters. The molecule has 2 heterocycles. The van der Waals surface area contributed by atoms with Gasteiger partial charge in [0.15, 0.2) is 11.7 Å². The van der Waals surface area contributed by atoms with E-state index < -0.39 is 5.97 Å². The predicted octanol–water partition coefficient (Wildman–Crippen LogP) is 4.42. The van der Waals surface area contributed by atoms with Crippen LogP contribution in [0.2, 0.25) is 10.0 Å². The van der Waals surface area contributed by atoms with Crippen LogP contribution in [0.1, 0.15) is 0 Å². The zero-order valence-electron chi connectivity index (χ0n) is 14.7. The van der Waals surface area contributed by atoms with Crippen LogP contribution in [-0.2, 0) is 9.53 Å². The van der Waals surface area contributed by atoms with E-state index in [9.17, 15) is 4.79 Å². The summed E-state index contributed by atoms with van der Waals surface area (Å²) in [5.74, 6) is 0.292. The van der Waals surface area contributed by atoms with E-state index in [2.05, 4.69) is 9.88 Å². The van der Waals surface area contributed by atoms with Gasteiger partial charge in [-0.25, -0.2) is 9.78 Å². The molecule has 0 unspecified atom stereocenters. The molecule has 0 N–H and O–H groups in total. The van der Waals surface area contributed by atoms with Gasteiger partial charge < -0.3 is 19.1 Å². The van der Waals surface area contributed by atoms with Gasteiger partial charge in [0.1, 0.15) is 11.5 Å². The van der Waals surface area contributed by atoms with Crippen LogP contribution < -0.4 is 14.4 Å². The second-order valence-corrected chi connectivity index (χ2v) is 7.92. The minimum Gasteiger partial charge on any atom is -0.480 e. The summed E-state index contributed by atoms with van der Waals surface area (Å²) < 4.78 is 17.1. The quantitative estimate of drug-likeness (QED) is 0.433. The molecule has 3 aromatic rings. The minimum absolute atomic E-state index is 0.263. The monoisotopic (exact) mass is 438 g/mol. The second-order valence-electron chi connectivity index (χ2n) is 6.06. The number of hydrogen-bond donors (Lipinski definition) is 0. The number of hydrogen-bond acceptors (Lipinski definition) is 7. The lowest BCUT2D eigenvalue weighted by Gasteiger charge is -2.25. The molecule has 0 bridgehead atoms.